The van der Waals surface area contributed by atoms with Crippen LogP contribution in [0.1, 0.15) is 26.2 Å². The Kier molecular flexibility index (Phi) is 4.88. The van der Waals surface area contributed by atoms with E-state index in [-0.39, 0.29) is 0 Å². The van der Waals surface area contributed by atoms with Gasteiger partial charge in [0.1, 0.15) is 0 Å². The Morgan fingerprint density at radius 2 is 1.93 bits per heavy atom. The molecule has 0 radical (unpaired) electrons. The fourth-order valence-electron chi connectivity index (χ4n) is 1.40. The van der Waals surface area contributed by atoms with Gasteiger partial charge in [0.15, 0.2) is 5.96 Å². The molecule has 0 heterocycles. The number of nitrogens with two attached hydrogens (primary N) is 1. The molecule has 2 N–H and O–H groups in total. The molecule has 0 bridgehead atoms. The van der Waals surface area contributed by atoms with Crippen LogP contribution in [0, 0.1) is 0 Å². The van der Waals surface area contributed by atoms with Gasteiger partial charge in [-0.05, 0) is 33.4 Å². The molecule has 1 rings (SSSR count). The molecule has 0 spiro atoms. The van der Waals surface area contributed by atoms with Crippen molar-refractivity contribution in [2.45, 2.75) is 32.2 Å². The highest BCUT2D eigenvalue weighted by atomic mass is 15.3. The second-order valence-corrected chi connectivity index (χ2v) is 4.51. The Balaban J connectivity index is 2.39. The fourth-order valence-corrected chi connectivity index (χ4v) is 1.40. The maximum atomic E-state index is 5.99. The third kappa shape index (κ3) is 5.02. The smallest absolute Gasteiger partial charge is 0.191 e. The molecule has 0 unspecified atom stereocenters. The molecular weight excluding hydrogens is 188 g/mol. The molecule has 1 fully saturated rings. The second kappa shape index (κ2) is 5.95. The van der Waals surface area contributed by atoms with Crippen molar-refractivity contribution >= 4 is 5.96 Å². The minimum Gasteiger partial charge on any atom is -0.370 e. The van der Waals surface area contributed by atoms with Crippen LogP contribution in [0.4, 0.5) is 0 Å². The first-order valence-corrected chi connectivity index (χ1v) is 5.86. The molecule has 88 valence electrons. The van der Waals surface area contributed by atoms with Crippen LogP contribution in [-0.4, -0.2) is 55.5 Å². The van der Waals surface area contributed by atoms with Gasteiger partial charge in [-0.15, -0.1) is 0 Å². The van der Waals surface area contributed by atoms with Crippen molar-refractivity contribution in [2.24, 2.45) is 10.7 Å². The van der Waals surface area contributed by atoms with E-state index in [4.69, 9.17) is 5.73 Å². The molecule has 1 saturated carbocycles. The first kappa shape index (κ1) is 12.3. The monoisotopic (exact) mass is 212 g/mol. The Morgan fingerprint density at radius 1 is 1.27 bits per heavy atom. The van der Waals surface area contributed by atoms with Crippen LogP contribution in [0.5, 0.6) is 0 Å². The van der Waals surface area contributed by atoms with E-state index in [0.29, 0.717) is 6.04 Å². The van der Waals surface area contributed by atoms with E-state index < -0.39 is 0 Å². The number of likely N-dealkylation sites (N-methyl/N-ethyl adjacent to an activating group) is 1. The summed E-state index contributed by atoms with van der Waals surface area (Å²) < 4.78 is 0. The summed E-state index contributed by atoms with van der Waals surface area (Å²) in [6.07, 6.45) is 3.55. The summed E-state index contributed by atoms with van der Waals surface area (Å²) in [6.45, 7) is 5.19. The molecule has 0 aromatic carbocycles. The molecule has 0 saturated heterocycles. The standard InChI is InChI=1S/C11H24N4/c1-4-7-15(9-8-14(2)3)11(12)13-10-5-6-10/h10H,4-9H2,1-3H3,(H2,12,13). The zero-order valence-corrected chi connectivity index (χ0v) is 10.2. The van der Waals surface area contributed by atoms with E-state index in [2.05, 4.69) is 35.8 Å². The average molecular weight is 212 g/mol. The minimum atomic E-state index is 0.517. The average Bonchev–Trinajstić information content (AvgIpc) is 2.95. The highest BCUT2D eigenvalue weighted by Crippen LogP contribution is 2.23. The summed E-state index contributed by atoms with van der Waals surface area (Å²) in [5, 5.41) is 0. The molecule has 0 amide bonds. The number of aliphatic imine (C=N–C) groups is 1. The van der Waals surface area contributed by atoms with E-state index in [9.17, 15) is 0 Å². The zero-order chi connectivity index (χ0) is 11.3. The molecule has 1 aliphatic carbocycles. The quantitative estimate of drug-likeness (QED) is 0.522. The van der Waals surface area contributed by atoms with Gasteiger partial charge in [0, 0.05) is 19.6 Å². The van der Waals surface area contributed by atoms with Gasteiger partial charge in [0.25, 0.3) is 0 Å². The number of hydrogen-bond acceptors (Lipinski definition) is 2. The topological polar surface area (TPSA) is 44.9 Å². The summed E-state index contributed by atoms with van der Waals surface area (Å²) in [5.74, 6) is 0.737. The third-order valence-corrected chi connectivity index (χ3v) is 2.50. The predicted octanol–water partition coefficient (Wildman–Crippen LogP) is 0.737. The van der Waals surface area contributed by atoms with Crippen molar-refractivity contribution in [3.05, 3.63) is 0 Å². The maximum Gasteiger partial charge on any atom is 0.191 e. The van der Waals surface area contributed by atoms with Gasteiger partial charge < -0.3 is 15.5 Å². The molecule has 4 heteroatoms. The van der Waals surface area contributed by atoms with Gasteiger partial charge in [-0.3, -0.25) is 0 Å². The lowest BCUT2D eigenvalue weighted by molar-refractivity contribution is 0.326. The number of rotatable bonds is 6. The first-order valence-electron chi connectivity index (χ1n) is 5.86. The van der Waals surface area contributed by atoms with Crippen LogP contribution < -0.4 is 5.73 Å². The van der Waals surface area contributed by atoms with Gasteiger partial charge >= 0.3 is 0 Å². The number of nitrogens with zero attached hydrogens (tertiary/aromatic N) is 3. The SMILES string of the molecule is CCCN(CCN(C)C)C(N)=NC1CC1. The molecule has 15 heavy (non-hydrogen) atoms. The van der Waals surface area contributed by atoms with Crippen LogP contribution >= 0.6 is 0 Å². The summed E-state index contributed by atoms with van der Waals surface area (Å²) in [6, 6.07) is 0.517. The molecule has 0 atom stereocenters. The lowest BCUT2D eigenvalue weighted by Gasteiger charge is -2.24. The van der Waals surface area contributed by atoms with Crippen molar-refractivity contribution in [3.8, 4) is 0 Å². The van der Waals surface area contributed by atoms with Crippen LogP contribution in [0.25, 0.3) is 0 Å². The Hall–Kier alpha value is -0.770. The van der Waals surface area contributed by atoms with Crippen molar-refractivity contribution in [1.82, 2.24) is 9.80 Å². The summed E-state index contributed by atoms with van der Waals surface area (Å²) in [7, 11) is 4.16. The summed E-state index contributed by atoms with van der Waals surface area (Å²) in [5.41, 5.74) is 5.99. The normalized spacial score (nSPS) is 17.2. The summed E-state index contributed by atoms with van der Waals surface area (Å²) in [4.78, 5) is 8.85. The Bertz CT molecular complexity index is 209. The Morgan fingerprint density at radius 3 is 2.40 bits per heavy atom. The summed E-state index contributed by atoms with van der Waals surface area (Å²) >= 11 is 0. The van der Waals surface area contributed by atoms with Gasteiger partial charge in [-0.25, -0.2) is 4.99 Å². The molecule has 1 aliphatic rings. The van der Waals surface area contributed by atoms with Crippen molar-refractivity contribution in [3.63, 3.8) is 0 Å². The second-order valence-electron chi connectivity index (χ2n) is 4.51. The minimum absolute atomic E-state index is 0.517. The van der Waals surface area contributed by atoms with Gasteiger partial charge in [-0.1, -0.05) is 6.92 Å². The number of guanidine groups is 1. The lowest BCUT2D eigenvalue weighted by Crippen LogP contribution is -2.42. The highest BCUT2D eigenvalue weighted by molar-refractivity contribution is 5.78. The van der Waals surface area contributed by atoms with Crippen LogP contribution in [0.2, 0.25) is 0 Å². The Labute approximate surface area is 93.1 Å². The van der Waals surface area contributed by atoms with E-state index in [0.717, 1.165) is 32.0 Å². The fraction of sp³-hybridized carbons (Fsp3) is 0.909. The van der Waals surface area contributed by atoms with E-state index in [1.165, 1.54) is 12.8 Å². The lowest BCUT2D eigenvalue weighted by atomic mass is 10.4. The number of hydrogen-bond donors (Lipinski definition) is 1. The highest BCUT2D eigenvalue weighted by Gasteiger charge is 2.21. The van der Waals surface area contributed by atoms with Crippen LogP contribution in [0.3, 0.4) is 0 Å². The maximum absolute atomic E-state index is 5.99. The molecule has 0 aromatic rings. The van der Waals surface area contributed by atoms with Crippen LogP contribution in [0.15, 0.2) is 4.99 Å². The third-order valence-electron chi connectivity index (χ3n) is 2.50. The van der Waals surface area contributed by atoms with E-state index >= 15 is 0 Å². The molecule has 0 aromatic heterocycles. The van der Waals surface area contributed by atoms with Crippen LogP contribution in [-0.2, 0) is 0 Å². The molecular formula is C11H24N4. The van der Waals surface area contributed by atoms with Gasteiger partial charge in [-0.2, -0.15) is 0 Å². The van der Waals surface area contributed by atoms with Gasteiger partial charge in [0.05, 0.1) is 6.04 Å². The van der Waals surface area contributed by atoms with Crippen molar-refractivity contribution < 1.29 is 0 Å². The van der Waals surface area contributed by atoms with Crippen molar-refractivity contribution in [1.29, 1.82) is 0 Å². The largest absolute Gasteiger partial charge is 0.370 e. The first-order chi connectivity index (χ1) is 7.13. The van der Waals surface area contributed by atoms with Crippen molar-refractivity contribution in [2.75, 3.05) is 33.7 Å². The van der Waals surface area contributed by atoms with Gasteiger partial charge in [0.2, 0.25) is 0 Å². The molecule has 0 aliphatic heterocycles. The zero-order valence-electron chi connectivity index (χ0n) is 10.2. The van der Waals surface area contributed by atoms with E-state index in [1.807, 2.05) is 0 Å². The predicted molar refractivity (Wildman–Crippen MR) is 65.1 cm³/mol. The van der Waals surface area contributed by atoms with E-state index in [1.54, 1.807) is 0 Å². The molecule has 4 nitrogen and oxygen atoms in total.